The second kappa shape index (κ2) is 5.79. The molecule has 1 aliphatic heterocycles. The molecule has 0 aliphatic carbocycles. The van der Waals surface area contributed by atoms with Gasteiger partial charge in [0.2, 0.25) is 0 Å². The molecular formula is C13H21ClN2O3. The SMILES string of the molecule is COC1(C(O)Cc2c(Cl)c(C)nn2C)CCOCC1. The van der Waals surface area contributed by atoms with Crippen LogP contribution in [0.2, 0.25) is 5.02 Å². The Labute approximate surface area is 118 Å². The predicted molar refractivity (Wildman–Crippen MR) is 72.5 cm³/mol. The lowest BCUT2D eigenvalue weighted by Gasteiger charge is -2.39. The fourth-order valence-electron chi connectivity index (χ4n) is 2.66. The zero-order valence-electron chi connectivity index (χ0n) is 11.6. The standard InChI is InChI=1S/C13H21ClN2O3/c1-9-12(14)10(16(2)15-9)8-11(17)13(18-3)4-6-19-7-5-13/h11,17H,4-8H2,1-3H3. The summed E-state index contributed by atoms with van der Waals surface area (Å²) in [4.78, 5) is 0. The Hall–Kier alpha value is -0.620. The van der Waals surface area contributed by atoms with Gasteiger partial charge in [-0.25, -0.2) is 0 Å². The topological polar surface area (TPSA) is 56.5 Å². The van der Waals surface area contributed by atoms with Crippen molar-refractivity contribution in [1.29, 1.82) is 0 Å². The highest BCUT2D eigenvalue weighted by molar-refractivity contribution is 6.31. The Balaban J connectivity index is 2.17. The second-order valence-corrected chi connectivity index (χ2v) is 5.45. The lowest BCUT2D eigenvalue weighted by atomic mass is 9.85. The van der Waals surface area contributed by atoms with Crippen molar-refractivity contribution in [3.8, 4) is 0 Å². The fourth-order valence-corrected chi connectivity index (χ4v) is 2.90. The van der Waals surface area contributed by atoms with Crippen molar-refractivity contribution in [3.05, 3.63) is 16.4 Å². The van der Waals surface area contributed by atoms with Crippen LogP contribution < -0.4 is 0 Å². The van der Waals surface area contributed by atoms with Crippen LogP contribution in [0, 0.1) is 6.92 Å². The van der Waals surface area contributed by atoms with E-state index in [4.69, 9.17) is 21.1 Å². The van der Waals surface area contributed by atoms with Gasteiger partial charge >= 0.3 is 0 Å². The number of aryl methyl sites for hydroxylation is 2. The van der Waals surface area contributed by atoms with Crippen molar-refractivity contribution in [2.24, 2.45) is 7.05 Å². The zero-order valence-corrected chi connectivity index (χ0v) is 12.4. The van der Waals surface area contributed by atoms with E-state index in [0.717, 1.165) is 11.4 Å². The normalized spacial score (nSPS) is 20.5. The van der Waals surface area contributed by atoms with E-state index in [1.807, 2.05) is 14.0 Å². The molecule has 0 radical (unpaired) electrons. The number of nitrogens with zero attached hydrogens (tertiary/aromatic N) is 2. The highest BCUT2D eigenvalue weighted by Crippen LogP contribution is 2.31. The maximum atomic E-state index is 10.6. The summed E-state index contributed by atoms with van der Waals surface area (Å²) < 4.78 is 12.7. The smallest absolute Gasteiger partial charge is 0.0983 e. The third kappa shape index (κ3) is 2.79. The second-order valence-electron chi connectivity index (χ2n) is 5.07. The van der Waals surface area contributed by atoms with Gasteiger partial charge in [-0.2, -0.15) is 5.10 Å². The summed E-state index contributed by atoms with van der Waals surface area (Å²) in [5.41, 5.74) is 1.08. The number of hydrogen-bond acceptors (Lipinski definition) is 4. The molecule has 0 aromatic carbocycles. The first-order valence-electron chi connectivity index (χ1n) is 6.49. The molecule has 1 N–H and O–H groups in total. The third-order valence-corrected chi connectivity index (χ3v) is 4.49. The molecular weight excluding hydrogens is 268 g/mol. The molecule has 1 unspecified atom stereocenters. The van der Waals surface area contributed by atoms with E-state index >= 15 is 0 Å². The average Bonchev–Trinajstić information content (AvgIpc) is 2.66. The van der Waals surface area contributed by atoms with Gasteiger partial charge in [0, 0.05) is 46.6 Å². The van der Waals surface area contributed by atoms with E-state index in [2.05, 4.69) is 5.10 Å². The van der Waals surface area contributed by atoms with Crippen molar-refractivity contribution in [2.45, 2.75) is 37.9 Å². The van der Waals surface area contributed by atoms with Gasteiger partial charge in [0.05, 0.1) is 28.1 Å². The van der Waals surface area contributed by atoms with E-state index in [9.17, 15) is 5.11 Å². The van der Waals surface area contributed by atoms with E-state index < -0.39 is 11.7 Å². The Morgan fingerprint density at radius 2 is 2.16 bits per heavy atom. The molecule has 1 atom stereocenters. The highest BCUT2D eigenvalue weighted by Gasteiger charge is 2.40. The molecule has 1 aromatic rings. The molecule has 2 heterocycles. The van der Waals surface area contributed by atoms with Gasteiger partial charge in [-0.3, -0.25) is 4.68 Å². The molecule has 108 valence electrons. The molecule has 2 rings (SSSR count). The summed E-state index contributed by atoms with van der Waals surface area (Å²) in [6, 6.07) is 0. The maximum absolute atomic E-state index is 10.6. The summed E-state index contributed by atoms with van der Waals surface area (Å²) in [5.74, 6) is 0. The number of halogens is 1. The predicted octanol–water partition coefficient (Wildman–Crippen LogP) is 1.48. The van der Waals surface area contributed by atoms with Gasteiger partial charge in [0.25, 0.3) is 0 Å². The molecule has 1 aliphatic rings. The number of aliphatic hydroxyl groups is 1. The van der Waals surface area contributed by atoms with Crippen LogP contribution in [0.4, 0.5) is 0 Å². The first-order valence-corrected chi connectivity index (χ1v) is 6.87. The number of methoxy groups -OCH3 is 1. The highest BCUT2D eigenvalue weighted by atomic mass is 35.5. The van der Waals surface area contributed by atoms with Crippen molar-refractivity contribution in [2.75, 3.05) is 20.3 Å². The van der Waals surface area contributed by atoms with Crippen LogP contribution in [0.25, 0.3) is 0 Å². The zero-order chi connectivity index (χ0) is 14.0. The molecule has 5 nitrogen and oxygen atoms in total. The van der Waals surface area contributed by atoms with Crippen LogP contribution in [0.1, 0.15) is 24.2 Å². The summed E-state index contributed by atoms with van der Waals surface area (Å²) in [6.45, 7) is 3.09. The van der Waals surface area contributed by atoms with Gasteiger partial charge < -0.3 is 14.6 Å². The van der Waals surface area contributed by atoms with E-state index in [0.29, 0.717) is 37.5 Å². The van der Waals surface area contributed by atoms with E-state index in [1.54, 1.807) is 11.8 Å². The minimum atomic E-state index is -0.617. The molecule has 0 saturated carbocycles. The first-order chi connectivity index (χ1) is 9.00. The number of ether oxygens (including phenoxy) is 2. The van der Waals surface area contributed by atoms with Crippen molar-refractivity contribution >= 4 is 11.6 Å². The van der Waals surface area contributed by atoms with Gasteiger partial charge in [-0.15, -0.1) is 0 Å². The first kappa shape index (κ1) is 14.8. The van der Waals surface area contributed by atoms with Crippen LogP contribution in [0.5, 0.6) is 0 Å². The lowest BCUT2D eigenvalue weighted by molar-refractivity contribution is -0.151. The molecule has 0 bridgehead atoms. The van der Waals surface area contributed by atoms with Gasteiger partial charge in [-0.05, 0) is 6.92 Å². The fraction of sp³-hybridized carbons (Fsp3) is 0.769. The van der Waals surface area contributed by atoms with Crippen LogP contribution >= 0.6 is 11.6 Å². The van der Waals surface area contributed by atoms with Crippen molar-refractivity contribution in [3.63, 3.8) is 0 Å². The van der Waals surface area contributed by atoms with Gasteiger partial charge in [-0.1, -0.05) is 11.6 Å². The number of aliphatic hydroxyl groups excluding tert-OH is 1. The molecule has 6 heteroatoms. The lowest BCUT2D eigenvalue weighted by Crippen LogP contribution is -2.49. The molecule has 0 spiro atoms. The monoisotopic (exact) mass is 288 g/mol. The van der Waals surface area contributed by atoms with Gasteiger partial charge in [0.1, 0.15) is 0 Å². The quantitative estimate of drug-likeness (QED) is 0.912. The third-order valence-electron chi connectivity index (χ3n) is 4.00. The van der Waals surface area contributed by atoms with Crippen LogP contribution in [0.3, 0.4) is 0 Å². The Bertz CT molecular complexity index is 441. The van der Waals surface area contributed by atoms with E-state index in [1.165, 1.54) is 0 Å². The van der Waals surface area contributed by atoms with Gasteiger partial charge in [0.15, 0.2) is 0 Å². The summed E-state index contributed by atoms with van der Waals surface area (Å²) >= 11 is 6.23. The Kier molecular flexibility index (Phi) is 4.50. The minimum absolute atomic E-state index is 0.435. The van der Waals surface area contributed by atoms with Crippen LogP contribution in [-0.2, 0) is 22.9 Å². The molecule has 1 fully saturated rings. The number of aromatic nitrogens is 2. The maximum Gasteiger partial charge on any atom is 0.0983 e. The van der Waals surface area contributed by atoms with Crippen LogP contribution in [0.15, 0.2) is 0 Å². The Morgan fingerprint density at radius 1 is 1.53 bits per heavy atom. The summed E-state index contributed by atoms with van der Waals surface area (Å²) in [7, 11) is 3.48. The summed E-state index contributed by atoms with van der Waals surface area (Å²) in [5, 5.41) is 15.4. The van der Waals surface area contributed by atoms with Crippen LogP contribution in [-0.4, -0.2) is 46.9 Å². The average molecular weight is 289 g/mol. The largest absolute Gasteiger partial charge is 0.390 e. The molecule has 0 amide bonds. The summed E-state index contributed by atoms with van der Waals surface area (Å²) in [6.07, 6.45) is 1.20. The van der Waals surface area contributed by atoms with Crippen molar-refractivity contribution < 1.29 is 14.6 Å². The van der Waals surface area contributed by atoms with Crippen molar-refractivity contribution in [1.82, 2.24) is 9.78 Å². The molecule has 19 heavy (non-hydrogen) atoms. The molecule has 1 saturated heterocycles. The number of rotatable bonds is 4. The molecule has 1 aromatic heterocycles. The number of hydrogen-bond donors (Lipinski definition) is 1. The minimum Gasteiger partial charge on any atom is -0.390 e. The Morgan fingerprint density at radius 3 is 2.63 bits per heavy atom. The van der Waals surface area contributed by atoms with E-state index in [-0.39, 0.29) is 0 Å².